The summed E-state index contributed by atoms with van der Waals surface area (Å²) in [5, 5.41) is 9.36. The van der Waals surface area contributed by atoms with Crippen molar-refractivity contribution in [3.8, 4) is 5.75 Å². The van der Waals surface area contributed by atoms with Crippen molar-refractivity contribution in [2.75, 3.05) is 7.05 Å². The zero-order chi connectivity index (χ0) is 13.8. The number of hydrogen-bond donors (Lipinski definition) is 1. The summed E-state index contributed by atoms with van der Waals surface area (Å²) in [5.74, 6) is 0.861. The fourth-order valence-electron chi connectivity index (χ4n) is 1.73. The molecule has 0 bridgehead atoms. The number of rotatable bonds is 4. The van der Waals surface area contributed by atoms with Crippen LogP contribution in [0.15, 0.2) is 45.5 Å². The number of hydrogen-bond acceptors (Lipinski definition) is 3. The summed E-state index contributed by atoms with van der Waals surface area (Å²) in [6.45, 7) is 0.420. The highest BCUT2D eigenvalue weighted by Gasteiger charge is 2.12. The minimum Gasteiger partial charge on any atom is -0.508 e. The number of amides is 1. The van der Waals surface area contributed by atoms with Crippen LogP contribution in [0.3, 0.4) is 0 Å². The van der Waals surface area contributed by atoms with E-state index < -0.39 is 0 Å². The molecule has 0 atom stereocenters. The van der Waals surface area contributed by atoms with E-state index in [-0.39, 0.29) is 18.1 Å². The van der Waals surface area contributed by atoms with Gasteiger partial charge in [-0.05, 0) is 45.8 Å². The molecular weight excluding hydrogens is 310 g/mol. The van der Waals surface area contributed by atoms with Gasteiger partial charge in [0.25, 0.3) is 0 Å². The maximum atomic E-state index is 12.0. The molecule has 0 unspecified atom stereocenters. The van der Waals surface area contributed by atoms with Gasteiger partial charge in [-0.25, -0.2) is 0 Å². The third-order valence-corrected chi connectivity index (χ3v) is 3.14. The summed E-state index contributed by atoms with van der Waals surface area (Å²) >= 11 is 3.22. The number of benzene rings is 1. The highest BCUT2D eigenvalue weighted by molar-refractivity contribution is 9.10. The lowest BCUT2D eigenvalue weighted by atomic mass is 10.1. The van der Waals surface area contributed by atoms with E-state index in [1.807, 2.05) is 12.1 Å². The van der Waals surface area contributed by atoms with Gasteiger partial charge in [0, 0.05) is 7.05 Å². The molecule has 2 aromatic rings. The number of phenols is 1. The predicted octanol–water partition coefficient (Wildman–Crippen LogP) is 2.95. The number of aromatic hydroxyl groups is 1. The molecule has 0 fully saturated rings. The SMILES string of the molecule is CN(Cc1ccc(Br)o1)C(=O)Cc1cccc(O)c1. The molecule has 0 saturated carbocycles. The molecular formula is C14H14BrNO3. The Morgan fingerprint density at radius 3 is 2.79 bits per heavy atom. The summed E-state index contributed by atoms with van der Waals surface area (Å²) in [7, 11) is 1.72. The van der Waals surface area contributed by atoms with E-state index in [1.54, 1.807) is 36.2 Å². The second kappa shape index (κ2) is 5.93. The monoisotopic (exact) mass is 323 g/mol. The average Bonchev–Trinajstić information content (AvgIpc) is 2.74. The molecule has 0 saturated heterocycles. The van der Waals surface area contributed by atoms with Crippen molar-refractivity contribution in [1.82, 2.24) is 4.90 Å². The molecule has 1 heterocycles. The largest absolute Gasteiger partial charge is 0.508 e. The summed E-state index contributed by atoms with van der Waals surface area (Å²) < 4.78 is 6.01. The first-order chi connectivity index (χ1) is 9.04. The molecule has 5 heteroatoms. The Morgan fingerprint density at radius 1 is 1.37 bits per heavy atom. The van der Waals surface area contributed by atoms with Crippen LogP contribution in [-0.4, -0.2) is 23.0 Å². The molecule has 1 aromatic heterocycles. The van der Waals surface area contributed by atoms with Gasteiger partial charge in [-0.3, -0.25) is 4.79 Å². The van der Waals surface area contributed by atoms with E-state index in [1.165, 1.54) is 0 Å². The van der Waals surface area contributed by atoms with Gasteiger partial charge in [-0.2, -0.15) is 0 Å². The van der Waals surface area contributed by atoms with Gasteiger partial charge in [0.05, 0.1) is 13.0 Å². The molecule has 100 valence electrons. The fourth-order valence-corrected chi connectivity index (χ4v) is 2.07. The van der Waals surface area contributed by atoms with Crippen molar-refractivity contribution < 1.29 is 14.3 Å². The molecule has 4 nitrogen and oxygen atoms in total. The van der Waals surface area contributed by atoms with Crippen LogP contribution >= 0.6 is 15.9 Å². The van der Waals surface area contributed by atoms with Crippen molar-refractivity contribution in [2.45, 2.75) is 13.0 Å². The van der Waals surface area contributed by atoms with E-state index in [0.717, 1.165) is 11.3 Å². The van der Waals surface area contributed by atoms with Crippen LogP contribution in [0.2, 0.25) is 0 Å². The van der Waals surface area contributed by atoms with Crippen molar-refractivity contribution in [3.05, 3.63) is 52.4 Å². The molecule has 0 radical (unpaired) electrons. The molecule has 1 aromatic carbocycles. The third-order valence-electron chi connectivity index (χ3n) is 2.71. The summed E-state index contributed by atoms with van der Waals surface area (Å²) in [6, 6.07) is 10.3. The standard InChI is InChI=1S/C14H14BrNO3/c1-16(9-12-5-6-13(15)19-12)14(18)8-10-3-2-4-11(17)7-10/h2-7,17H,8-9H2,1H3. The Morgan fingerprint density at radius 2 is 2.16 bits per heavy atom. The highest BCUT2D eigenvalue weighted by Crippen LogP contribution is 2.16. The Bertz CT molecular complexity index is 580. The highest BCUT2D eigenvalue weighted by atomic mass is 79.9. The lowest BCUT2D eigenvalue weighted by Crippen LogP contribution is -2.27. The molecule has 1 N–H and O–H groups in total. The Kier molecular flexibility index (Phi) is 4.27. The summed E-state index contributed by atoms with van der Waals surface area (Å²) in [5.41, 5.74) is 0.789. The maximum Gasteiger partial charge on any atom is 0.227 e. The number of furan rings is 1. The van der Waals surface area contributed by atoms with E-state index in [4.69, 9.17) is 4.42 Å². The Balaban J connectivity index is 1.96. The first-order valence-electron chi connectivity index (χ1n) is 5.80. The van der Waals surface area contributed by atoms with Crippen LogP contribution in [0, 0.1) is 0 Å². The zero-order valence-corrected chi connectivity index (χ0v) is 12.1. The second-order valence-corrected chi connectivity index (χ2v) is 5.08. The molecule has 0 aliphatic carbocycles. The van der Waals surface area contributed by atoms with Crippen molar-refractivity contribution in [1.29, 1.82) is 0 Å². The van der Waals surface area contributed by atoms with E-state index in [9.17, 15) is 9.90 Å². The van der Waals surface area contributed by atoms with Crippen LogP contribution in [0.5, 0.6) is 5.75 Å². The number of halogens is 1. The second-order valence-electron chi connectivity index (χ2n) is 4.30. The van der Waals surface area contributed by atoms with Crippen LogP contribution in [0.25, 0.3) is 0 Å². The topological polar surface area (TPSA) is 53.7 Å². The first-order valence-corrected chi connectivity index (χ1v) is 6.60. The number of likely N-dealkylation sites (N-methyl/N-ethyl adjacent to an activating group) is 1. The lowest BCUT2D eigenvalue weighted by Gasteiger charge is -2.15. The molecule has 1 amide bonds. The number of nitrogens with zero attached hydrogens (tertiary/aromatic N) is 1. The van der Waals surface area contributed by atoms with E-state index >= 15 is 0 Å². The molecule has 19 heavy (non-hydrogen) atoms. The summed E-state index contributed by atoms with van der Waals surface area (Å²) in [4.78, 5) is 13.6. The third kappa shape index (κ3) is 3.86. The quantitative estimate of drug-likeness (QED) is 0.941. The lowest BCUT2D eigenvalue weighted by molar-refractivity contribution is -0.129. The summed E-state index contributed by atoms with van der Waals surface area (Å²) in [6.07, 6.45) is 0.257. The van der Waals surface area contributed by atoms with Gasteiger partial charge in [0.1, 0.15) is 11.5 Å². The normalized spacial score (nSPS) is 10.4. The van der Waals surface area contributed by atoms with Gasteiger partial charge >= 0.3 is 0 Å². The number of carbonyl (C=O) groups excluding carboxylic acids is 1. The first kappa shape index (κ1) is 13.7. The molecule has 0 aliphatic rings. The van der Waals surface area contributed by atoms with Gasteiger partial charge in [0.2, 0.25) is 5.91 Å². The molecule has 2 rings (SSSR count). The van der Waals surface area contributed by atoms with Crippen LogP contribution in [0.4, 0.5) is 0 Å². The van der Waals surface area contributed by atoms with Crippen LogP contribution in [-0.2, 0) is 17.8 Å². The molecule has 0 spiro atoms. The Labute approximate surface area is 119 Å². The van der Waals surface area contributed by atoms with Crippen molar-refractivity contribution >= 4 is 21.8 Å². The van der Waals surface area contributed by atoms with E-state index in [2.05, 4.69) is 15.9 Å². The number of phenolic OH excluding ortho intramolecular Hbond substituents is 1. The minimum atomic E-state index is -0.0295. The zero-order valence-electron chi connectivity index (χ0n) is 10.5. The van der Waals surface area contributed by atoms with Crippen molar-refractivity contribution in [3.63, 3.8) is 0 Å². The minimum absolute atomic E-state index is 0.0295. The number of carbonyl (C=O) groups is 1. The Hall–Kier alpha value is -1.75. The van der Waals surface area contributed by atoms with Gasteiger partial charge < -0.3 is 14.4 Å². The van der Waals surface area contributed by atoms with Crippen LogP contribution in [0.1, 0.15) is 11.3 Å². The smallest absolute Gasteiger partial charge is 0.227 e. The maximum absolute atomic E-state index is 12.0. The fraction of sp³-hybridized carbons (Fsp3) is 0.214. The van der Waals surface area contributed by atoms with E-state index in [0.29, 0.717) is 11.2 Å². The van der Waals surface area contributed by atoms with Crippen molar-refractivity contribution in [2.24, 2.45) is 0 Å². The predicted molar refractivity (Wildman–Crippen MR) is 74.7 cm³/mol. The van der Waals surface area contributed by atoms with Gasteiger partial charge in [-0.1, -0.05) is 12.1 Å². The van der Waals surface area contributed by atoms with Gasteiger partial charge in [0.15, 0.2) is 4.67 Å². The van der Waals surface area contributed by atoms with Gasteiger partial charge in [-0.15, -0.1) is 0 Å². The van der Waals surface area contributed by atoms with Crippen LogP contribution < -0.4 is 0 Å². The average molecular weight is 324 g/mol. The molecule has 0 aliphatic heterocycles.